The Labute approximate surface area is 129 Å². The first-order valence-electron chi connectivity index (χ1n) is 9.42. The molecule has 0 aliphatic carbocycles. The van der Waals surface area contributed by atoms with Gasteiger partial charge in [0.15, 0.2) is 0 Å². The Morgan fingerprint density at radius 3 is 1.55 bits per heavy atom. The first kappa shape index (κ1) is 19.7. The third kappa shape index (κ3) is 17.7. The van der Waals surface area contributed by atoms with Crippen LogP contribution in [0.4, 0.5) is 0 Å². The number of rotatable bonds is 15. The van der Waals surface area contributed by atoms with Gasteiger partial charge in [-0.3, -0.25) is 0 Å². The number of hydrogen-bond acceptors (Lipinski definition) is 0. The second-order valence-electron chi connectivity index (χ2n) is 6.77. The lowest BCUT2D eigenvalue weighted by Gasteiger charge is -2.03. The van der Waals surface area contributed by atoms with Crippen LogP contribution in [0.25, 0.3) is 0 Å². The summed E-state index contributed by atoms with van der Waals surface area (Å²) < 4.78 is 0. The molecule has 0 radical (unpaired) electrons. The van der Waals surface area contributed by atoms with Gasteiger partial charge in [0.25, 0.3) is 0 Å². The van der Waals surface area contributed by atoms with Crippen LogP contribution in [-0.4, -0.2) is 0 Å². The van der Waals surface area contributed by atoms with Crippen molar-refractivity contribution >= 4 is 0 Å². The molecule has 0 aromatic rings. The predicted molar refractivity (Wildman–Crippen MR) is 94.3 cm³/mol. The summed E-state index contributed by atoms with van der Waals surface area (Å²) in [4.78, 5) is 0. The molecule has 0 aromatic heterocycles. The highest BCUT2D eigenvalue weighted by atomic mass is 14.0. The fourth-order valence-corrected chi connectivity index (χ4v) is 2.62. The van der Waals surface area contributed by atoms with Crippen molar-refractivity contribution in [3.05, 3.63) is 12.2 Å². The highest BCUT2D eigenvalue weighted by Crippen LogP contribution is 2.11. The van der Waals surface area contributed by atoms with E-state index in [2.05, 4.69) is 32.9 Å². The Bertz CT molecular complexity index is 190. The molecular weight excluding hydrogens is 240 g/mol. The zero-order valence-electron chi connectivity index (χ0n) is 14.6. The molecule has 0 N–H and O–H groups in total. The minimum atomic E-state index is 0.886. The molecule has 0 aromatic carbocycles. The molecule has 120 valence electrons. The maximum absolute atomic E-state index is 2.42. The first-order valence-corrected chi connectivity index (χ1v) is 9.42. The fraction of sp³-hybridized carbons (Fsp3) is 0.900. The molecule has 0 atom stereocenters. The molecule has 0 fully saturated rings. The Morgan fingerprint density at radius 2 is 1.05 bits per heavy atom. The fourth-order valence-electron chi connectivity index (χ4n) is 2.62. The third-order valence-corrected chi connectivity index (χ3v) is 4.04. The van der Waals surface area contributed by atoms with Gasteiger partial charge in [0.1, 0.15) is 0 Å². The average molecular weight is 281 g/mol. The summed E-state index contributed by atoms with van der Waals surface area (Å²) in [5, 5.41) is 0. The van der Waals surface area contributed by atoms with Crippen LogP contribution in [0.2, 0.25) is 0 Å². The Hall–Kier alpha value is -0.260. The third-order valence-electron chi connectivity index (χ3n) is 4.04. The van der Waals surface area contributed by atoms with Crippen LogP contribution in [0.3, 0.4) is 0 Å². The highest BCUT2D eigenvalue weighted by molar-refractivity contribution is 4.81. The standard InChI is InChI=1S/C20H40/c1-4-5-6-7-8-9-10-11-12-13-14-15-16-17-18-19-20(2)3/h12-13,20H,4-11,14-19H2,1-3H3/b13-12-. The second-order valence-corrected chi connectivity index (χ2v) is 6.77. The van der Waals surface area contributed by atoms with E-state index in [4.69, 9.17) is 0 Å². The van der Waals surface area contributed by atoms with E-state index in [1.165, 1.54) is 89.9 Å². The van der Waals surface area contributed by atoms with E-state index in [9.17, 15) is 0 Å². The van der Waals surface area contributed by atoms with E-state index < -0.39 is 0 Å². The SMILES string of the molecule is CCCCCCCCC/C=C\CCCCCCC(C)C. The highest BCUT2D eigenvalue weighted by Gasteiger charge is 1.93. The van der Waals surface area contributed by atoms with Gasteiger partial charge >= 0.3 is 0 Å². The predicted octanol–water partition coefficient (Wildman–Crippen LogP) is 7.68. The number of allylic oxidation sites excluding steroid dienone is 2. The number of hydrogen-bond donors (Lipinski definition) is 0. The van der Waals surface area contributed by atoms with Gasteiger partial charge in [-0.2, -0.15) is 0 Å². The van der Waals surface area contributed by atoms with Crippen LogP contribution < -0.4 is 0 Å². The summed E-state index contributed by atoms with van der Waals surface area (Å²) in [5.74, 6) is 0.886. The van der Waals surface area contributed by atoms with Crippen molar-refractivity contribution in [2.45, 2.75) is 111 Å². The van der Waals surface area contributed by atoms with E-state index in [1.54, 1.807) is 0 Å². The molecule has 0 rings (SSSR count). The summed E-state index contributed by atoms with van der Waals surface area (Å²) >= 11 is 0. The van der Waals surface area contributed by atoms with Crippen LogP contribution in [0, 0.1) is 5.92 Å². The average Bonchev–Trinajstić information content (AvgIpc) is 2.43. The summed E-state index contributed by atoms with van der Waals surface area (Å²) in [6, 6.07) is 0. The van der Waals surface area contributed by atoms with Crippen molar-refractivity contribution in [1.29, 1.82) is 0 Å². The lowest BCUT2D eigenvalue weighted by atomic mass is 10.0. The number of unbranched alkanes of at least 4 members (excludes halogenated alkanes) is 11. The Balaban J connectivity index is 3.05. The van der Waals surface area contributed by atoms with Crippen molar-refractivity contribution in [3.8, 4) is 0 Å². The normalized spacial score (nSPS) is 11.8. The molecule has 0 spiro atoms. The second kappa shape index (κ2) is 16.8. The molecule has 0 nitrogen and oxygen atoms in total. The van der Waals surface area contributed by atoms with E-state index in [-0.39, 0.29) is 0 Å². The van der Waals surface area contributed by atoms with Gasteiger partial charge in [0, 0.05) is 0 Å². The molecule has 0 aliphatic heterocycles. The van der Waals surface area contributed by atoms with Gasteiger partial charge in [-0.15, -0.1) is 0 Å². The monoisotopic (exact) mass is 280 g/mol. The van der Waals surface area contributed by atoms with Crippen molar-refractivity contribution in [1.82, 2.24) is 0 Å². The van der Waals surface area contributed by atoms with E-state index in [0.29, 0.717) is 0 Å². The summed E-state index contributed by atoms with van der Waals surface area (Å²) in [6.07, 6.45) is 24.5. The van der Waals surface area contributed by atoms with Crippen LogP contribution in [0.15, 0.2) is 12.2 Å². The largest absolute Gasteiger partial charge is 0.0885 e. The van der Waals surface area contributed by atoms with Crippen LogP contribution in [0.1, 0.15) is 111 Å². The van der Waals surface area contributed by atoms with E-state index >= 15 is 0 Å². The minimum absolute atomic E-state index is 0.886. The summed E-state index contributed by atoms with van der Waals surface area (Å²) in [7, 11) is 0. The maximum atomic E-state index is 2.42. The molecule has 0 heteroatoms. The molecule has 0 amide bonds. The molecule has 0 bridgehead atoms. The lowest BCUT2D eigenvalue weighted by molar-refractivity contribution is 0.521. The minimum Gasteiger partial charge on any atom is -0.0885 e. The van der Waals surface area contributed by atoms with E-state index in [1.807, 2.05) is 0 Å². The molecule has 20 heavy (non-hydrogen) atoms. The van der Waals surface area contributed by atoms with Crippen LogP contribution in [0.5, 0.6) is 0 Å². The van der Waals surface area contributed by atoms with E-state index in [0.717, 1.165) is 5.92 Å². The van der Waals surface area contributed by atoms with Crippen LogP contribution in [-0.2, 0) is 0 Å². The maximum Gasteiger partial charge on any atom is -0.0351 e. The van der Waals surface area contributed by atoms with Gasteiger partial charge in [-0.05, 0) is 31.6 Å². The molecule has 0 heterocycles. The van der Waals surface area contributed by atoms with Gasteiger partial charge in [0.05, 0.1) is 0 Å². The zero-order chi connectivity index (χ0) is 14.9. The molecule has 0 saturated carbocycles. The van der Waals surface area contributed by atoms with Crippen molar-refractivity contribution in [2.75, 3.05) is 0 Å². The van der Waals surface area contributed by atoms with Gasteiger partial charge in [-0.25, -0.2) is 0 Å². The van der Waals surface area contributed by atoms with Gasteiger partial charge < -0.3 is 0 Å². The van der Waals surface area contributed by atoms with Crippen molar-refractivity contribution in [3.63, 3.8) is 0 Å². The van der Waals surface area contributed by atoms with Crippen LogP contribution >= 0.6 is 0 Å². The summed E-state index contributed by atoms with van der Waals surface area (Å²) in [5.41, 5.74) is 0. The molecule has 0 unspecified atom stereocenters. The molecular formula is C20H40. The van der Waals surface area contributed by atoms with Gasteiger partial charge in [-0.1, -0.05) is 97.1 Å². The molecule has 0 aliphatic rings. The quantitative estimate of drug-likeness (QED) is 0.213. The topological polar surface area (TPSA) is 0 Å². The van der Waals surface area contributed by atoms with Gasteiger partial charge in [0.2, 0.25) is 0 Å². The van der Waals surface area contributed by atoms with Crippen molar-refractivity contribution in [2.24, 2.45) is 5.92 Å². The van der Waals surface area contributed by atoms with Crippen molar-refractivity contribution < 1.29 is 0 Å². The molecule has 0 saturated heterocycles. The zero-order valence-corrected chi connectivity index (χ0v) is 14.6. The summed E-state index contributed by atoms with van der Waals surface area (Å²) in [6.45, 7) is 6.94. The smallest absolute Gasteiger partial charge is 0.0351 e. The Kier molecular flexibility index (Phi) is 16.6. The lowest BCUT2D eigenvalue weighted by Crippen LogP contribution is -1.86. The Morgan fingerprint density at radius 1 is 0.600 bits per heavy atom. The first-order chi connectivity index (χ1) is 9.77.